The fourth-order valence-corrected chi connectivity index (χ4v) is 5.16. The van der Waals surface area contributed by atoms with Crippen molar-refractivity contribution in [1.82, 2.24) is 9.78 Å². The smallest absolute Gasteiger partial charge is 0.256 e. The topological polar surface area (TPSA) is 84.3 Å². The molecule has 2 aromatic carbocycles. The lowest BCUT2D eigenvalue weighted by molar-refractivity contribution is 0.102. The SMILES string of the molecule is CC1Cc2cc(C(=O)Nc3ccnn3Cc3ccc(Cl)cc3)ccc2N1S(C)(=O)=O. The largest absolute Gasteiger partial charge is 0.307 e. The maximum atomic E-state index is 12.8. The van der Waals surface area contributed by atoms with Crippen LogP contribution >= 0.6 is 11.6 Å². The van der Waals surface area contributed by atoms with Gasteiger partial charge in [0.25, 0.3) is 5.91 Å². The number of halogens is 1. The summed E-state index contributed by atoms with van der Waals surface area (Å²) in [5, 5.41) is 7.83. The normalized spacial score (nSPS) is 15.8. The van der Waals surface area contributed by atoms with Gasteiger partial charge in [-0.2, -0.15) is 5.10 Å². The van der Waals surface area contributed by atoms with Gasteiger partial charge in [0.1, 0.15) is 5.82 Å². The average molecular weight is 445 g/mol. The molecular weight excluding hydrogens is 424 g/mol. The molecule has 0 saturated carbocycles. The molecule has 1 unspecified atom stereocenters. The number of aromatic nitrogens is 2. The molecule has 2 heterocycles. The number of rotatable bonds is 5. The van der Waals surface area contributed by atoms with E-state index in [1.54, 1.807) is 35.1 Å². The average Bonchev–Trinajstić information content (AvgIpc) is 3.25. The van der Waals surface area contributed by atoms with Crippen molar-refractivity contribution in [2.24, 2.45) is 0 Å². The lowest BCUT2D eigenvalue weighted by atomic mass is 10.1. The third-order valence-corrected chi connectivity index (χ3v) is 6.58. The molecule has 156 valence electrons. The number of sulfonamides is 1. The number of hydrogen-bond donors (Lipinski definition) is 1. The number of carbonyl (C=O) groups is 1. The molecule has 0 spiro atoms. The minimum atomic E-state index is -3.36. The Morgan fingerprint density at radius 2 is 1.93 bits per heavy atom. The van der Waals surface area contributed by atoms with Crippen molar-refractivity contribution >= 4 is 39.0 Å². The number of anilines is 2. The summed E-state index contributed by atoms with van der Waals surface area (Å²) in [7, 11) is -3.36. The summed E-state index contributed by atoms with van der Waals surface area (Å²) in [6.45, 7) is 2.35. The molecule has 7 nitrogen and oxygen atoms in total. The maximum Gasteiger partial charge on any atom is 0.256 e. The molecule has 1 aliphatic heterocycles. The van der Waals surface area contributed by atoms with Crippen molar-refractivity contribution < 1.29 is 13.2 Å². The van der Waals surface area contributed by atoms with E-state index in [2.05, 4.69) is 10.4 Å². The summed E-state index contributed by atoms with van der Waals surface area (Å²) in [5.74, 6) is 0.294. The van der Waals surface area contributed by atoms with Gasteiger partial charge < -0.3 is 5.32 Å². The Balaban J connectivity index is 1.53. The molecule has 1 aromatic heterocycles. The first-order valence-corrected chi connectivity index (χ1v) is 11.6. The first-order valence-electron chi connectivity index (χ1n) is 9.42. The summed E-state index contributed by atoms with van der Waals surface area (Å²) in [5.41, 5.74) is 2.95. The number of amides is 1. The molecule has 1 N–H and O–H groups in total. The molecule has 30 heavy (non-hydrogen) atoms. The third kappa shape index (κ3) is 4.06. The van der Waals surface area contributed by atoms with Crippen LogP contribution in [-0.2, 0) is 23.0 Å². The highest BCUT2D eigenvalue weighted by atomic mass is 35.5. The van der Waals surface area contributed by atoms with Crippen LogP contribution in [0.1, 0.15) is 28.4 Å². The van der Waals surface area contributed by atoms with Gasteiger partial charge in [-0.1, -0.05) is 23.7 Å². The van der Waals surface area contributed by atoms with E-state index >= 15 is 0 Å². The van der Waals surface area contributed by atoms with Crippen LogP contribution in [0.2, 0.25) is 5.02 Å². The van der Waals surface area contributed by atoms with Gasteiger partial charge in [-0.3, -0.25) is 9.10 Å². The molecule has 0 fully saturated rings. The second kappa shape index (κ2) is 7.77. The highest BCUT2D eigenvalue weighted by Crippen LogP contribution is 2.34. The molecule has 0 bridgehead atoms. The fourth-order valence-electron chi connectivity index (χ4n) is 3.77. The second-order valence-corrected chi connectivity index (χ2v) is 9.71. The van der Waals surface area contributed by atoms with Crippen LogP contribution in [-0.4, -0.2) is 36.4 Å². The van der Waals surface area contributed by atoms with Crippen molar-refractivity contribution in [2.45, 2.75) is 25.9 Å². The summed E-state index contributed by atoms with van der Waals surface area (Å²) < 4.78 is 27.2. The van der Waals surface area contributed by atoms with Gasteiger partial charge in [0.05, 0.1) is 24.7 Å². The lowest BCUT2D eigenvalue weighted by Crippen LogP contribution is -2.34. The number of benzene rings is 2. The number of nitrogens with one attached hydrogen (secondary N) is 1. The van der Waals surface area contributed by atoms with Gasteiger partial charge in [-0.15, -0.1) is 0 Å². The van der Waals surface area contributed by atoms with E-state index in [0.717, 1.165) is 11.1 Å². The zero-order chi connectivity index (χ0) is 21.5. The van der Waals surface area contributed by atoms with Gasteiger partial charge in [0, 0.05) is 22.7 Å². The number of nitrogens with zero attached hydrogens (tertiary/aromatic N) is 3. The first-order chi connectivity index (χ1) is 14.2. The van der Waals surface area contributed by atoms with E-state index in [9.17, 15) is 13.2 Å². The van der Waals surface area contributed by atoms with Crippen molar-refractivity contribution in [1.29, 1.82) is 0 Å². The van der Waals surface area contributed by atoms with E-state index in [-0.39, 0.29) is 11.9 Å². The van der Waals surface area contributed by atoms with E-state index < -0.39 is 10.0 Å². The molecular formula is C21H21ClN4O3S. The quantitative estimate of drug-likeness (QED) is 0.652. The predicted octanol–water partition coefficient (Wildman–Crippen LogP) is 3.55. The van der Waals surface area contributed by atoms with E-state index in [4.69, 9.17) is 11.6 Å². The lowest BCUT2D eigenvalue weighted by Gasteiger charge is -2.21. The molecule has 1 atom stereocenters. The van der Waals surface area contributed by atoms with Crippen LogP contribution in [0, 0.1) is 0 Å². The Hall–Kier alpha value is -2.84. The van der Waals surface area contributed by atoms with Crippen molar-refractivity contribution in [3.05, 3.63) is 76.4 Å². The Morgan fingerprint density at radius 3 is 2.63 bits per heavy atom. The van der Waals surface area contributed by atoms with Gasteiger partial charge >= 0.3 is 0 Å². The highest BCUT2D eigenvalue weighted by molar-refractivity contribution is 7.92. The van der Waals surface area contributed by atoms with Crippen LogP contribution in [0.5, 0.6) is 0 Å². The minimum Gasteiger partial charge on any atom is -0.307 e. The third-order valence-electron chi connectivity index (χ3n) is 5.06. The minimum absolute atomic E-state index is 0.172. The van der Waals surface area contributed by atoms with E-state index in [1.165, 1.54) is 10.6 Å². The Labute approximate surface area is 180 Å². The zero-order valence-corrected chi connectivity index (χ0v) is 18.1. The van der Waals surface area contributed by atoms with Gasteiger partial charge in [0.2, 0.25) is 10.0 Å². The second-order valence-electron chi connectivity index (χ2n) is 7.41. The maximum absolute atomic E-state index is 12.8. The molecule has 0 aliphatic carbocycles. The van der Waals surface area contributed by atoms with Crippen LogP contribution < -0.4 is 9.62 Å². The van der Waals surface area contributed by atoms with Crippen molar-refractivity contribution in [3.63, 3.8) is 0 Å². The number of carbonyl (C=O) groups excluding carboxylic acids is 1. The summed E-state index contributed by atoms with van der Waals surface area (Å²) in [4.78, 5) is 12.8. The van der Waals surface area contributed by atoms with E-state index in [1.807, 2.05) is 31.2 Å². The predicted molar refractivity (Wildman–Crippen MR) is 118 cm³/mol. The van der Waals surface area contributed by atoms with Gasteiger partial charge in [-0.05, 0) is 54.8 Å². The number of fused-ring (bicyclic) bond motifs is 1. The van der Waals surface area contributed by atoms with Crippen LogP contribution in [0.3, 0.4) is 0 Å². The van der Waals surface area contributed by atoms with Crippen molar-refractivity contribution in [3.8, 4) is 0 Å². The van der Waals surface area contributed by atoms with Gasteiger partial charge in [-0.25, -0.2) is 13.1 Å². The summed E-state index contributed by atoms with van der Waals surface area (Å²) >= 11 is 5.93. The fraction of sp³-hybridized carbons (Fsp3) is 0.238. The molecule has 0 radical (unpaired) electrons. The Morgan fingerprint density at radius 1 is 1.20 bits per heavy atom. The Bertz CT molecular complexity index is 1210. The molecule has 9 heteroatoms. The molecule has 0 saturated heterocycles. The first kappa shape index (κ1) is 20.4. The van der Waals surface area contributed by atoms with Crippen LogP contribution in [0.25, 0.3) is 0 Å². The van der Waals surface area contributed by atoms with Crippen molar-refractivity contribution in [2.75, 3.05) is 15.9 Å². The van der Waals surface area contributed by atoms with E-state index in [0.29, 0.717) is 35.1 Å². The standard InChI is InChI=1S/C21H21ClN4O3S/c1-14-11-17-12-16(5-8-19(17)26(14)30(2,28)29)21(27)24-20-9-10-23-25(20)13-15-3-6-18(22)7-4-15/h3-10,12,14H,11,13H2,1-2H3,(H,24,27). The van der Waals surface area contributed by atoms with Crippen LogP contribution in [0.4, 0.5) is 11.5 Å². The zero-order valence-electron chi connectivity index (χ0n) is 16.5. The molecule has 1 amide bonds. The molecule has 3 aromatic rings. The molecule has 1 aliphatic rings. The highest BCUT2D eigenvalue weighted by Gasteiger charge is 2.32. The Kier molecular flexibility index (Phi) is 5.29. The summed E-state index contributed by atoms with van der Waals surface area (Å²) in [6, 6.07) is 14.1. The van der Waals surface area contributed by atoms with Gasteiger partial charge in [0.15, 0.2) is 0 Å². The monoisotopic (exact) mass is 444 g/mol. The number of hydrogen-bond acceptors (Lipinski definition) is 4. The molecule has 4 rings (SSSR count). The summed E-state index contributed by atoms with van der Waals surface area (Å²) in [6.07, 6.45) is 3.39. The van der Waals surface area contributed by atoms with Crippen LogP contribution in [0.15, 0.2) is 54.7 Å².